The van der Waals surface area contributed by atoms with Crippen molar-refractivity contribution in [3.63, 3.8) is 0 Å². The fraction of sp³-hybridized carbons (Fsp3) is 0.600. The Labute approximate surface area is 176 Å². The summed E-state index contributed by atoms with van der Waals surface area (Å²) in [6, 6.07) is 15.1. The molecule has 4 aliphatic heterocycles. The summed E-state index contributed by atoms with van der Waals surface area (Å²) in [5, 5.41) is 2.49. The Morgan fingerprint density at radius 1 is 0.800 bits per heavy atom. The molecule has 2 aromatic rings. The molecule has 4 saturated heterocycles. The van der Waals surface area contributed by atoms with Gasteiger partial charge in [0.15, 0.2) is 12.1 Å². The Bertz CT molecular complexity index is 953. The zero-order valence-corrected chi connectivity index (χ0v) is 17.1. The number of fused-ring (bicyclic) bond motifs is 6. The molecule has 4 heterocycles. The molecule has 2 aromatic carbocycles. The van der Waals surface area contributed by atoms with E-state index in [1.54, 1.807) is 0 Å². The number of hydrogen-bond acceptors (Lipinski definition) is 5. The zero-order valence-electron chi connectivity index (χ0n) is 17.1. The van der Waals surface area contributed by atoms with Crippen molar-refractivity contribution in [2.45, 2.75) is 81.1 Å². The smallest absolute Gasteiger partial charge is 0.190 e. The van der Waals surface area contributed by atoms with E-state index in [9.17, 15) is 0 Å². The number of rotatable bonds is 1. The zero-order chi connectivity index (χ0) is 19.7. The number of ether oxygens (including phenoxy) is 5. The van der Waals surface area contributed by atoms with Crippen molar-refractivity contribution >= 4 is 10.8 Å². The van der Waals surface area contributed by atoms with Crippen molar-refractivity contribution in [1.82, 2.24) is 0 Å². The topological polar surface area (TPSA) is 46.2 Å². The molecule has 1 spiro atoms. The normalized spacial score (nSPS) is 41.7. The van der Waals surface area contributed by atoms with Crippen molar-refractivity contribution in [1.29, 1.82) is 0 Å². The van der Waals surface area contributed by atoms with E-state index in [0.29, 0.717) is 6.61 Å². The molecule has 0 radical (unpaired) electrons. The lowest BCUT2D eigenvalue weighted by Crippen LogP contribution is -2.40. The van der Waals surface area contributed by atoms with Crippen molar-refractivity contribution in [2.24, 2.45) is 5.92 Å². The molecule has 1 saturated carbocycles. The molecular formula is C25H28O5. The quantitative estimate of drug-likeness (QED) is 0.696. The maximum atomic E-state index is 6.57. The van der Waals surface area contributed by atoms with Gasteiger partial charge in [0.1, 0.15) is 12.2 Å². The molecule has 5 aliphatic rings. The maximum Gasteiger partial charge on any atom is 0.190 e. The highest BCUT2D eigenvalue weighted by atomic mass is 16.8. The van der Waals surface area contributed by atoms with Crippen LogP contribution in [-0.4, -0.2) is 43.1 Å². The van der Waals surface area contributed by atoms with Gasteiger partial charge in [-0.15, -0.1) is 0 Å². The van der Waals surface area contributed by atoms with E-state index in [1.807, 2.05) is 0 Å². The van der Waals surface area contributed by atoms with Crippen LogP contribution in [0.25, 0.3) is 10.8 Å². The highest BCUT2D eigenvalue weighted by molar-refractivity contribution is 5.83. The molecule has 1 aliphatic carbocycles. The second-order valence-corrected chi connectivity index (χ2v) is 9.54. The van der Waals surface area contributed by atoms with Gasteiger partial charge < -0.3 is 23.7 Å². The number of hydrogen-bond donors (Lipinski definition) is 0. The number of benzene rings is 2. The first kappa shape index (κ1) is 18.1. The van der Waals surface area contributed by atoms with Crippen molar-refractivity contribution in [3.05, 3.63) is 48.0 Å². The van der Waals surface area contributed by atoms with Gasteiger partial charge in [0.05, 0.1) is 18.3 Å². The molecule has 30 heavy (non-hydrogen) atoms. The largest absolute Gasteiger partial charge is 0.373 e. The van der Waals surface area contributed by atoms with Crippen LogP contribution in [0.1, 0.15) is 50.2 Å². The van der Waals surface area contributed by atoms with Crippen LogP contribution in [0.4, 0.5) is 0 Å². The van der Waals surface area contributed by atoms with Crippen LogP contribution < -0.4 is 0 Å². The maximum absolute atomic E-state index is 6.57. The summed E-state index contributed by atoms with van der Waals surface area (Å²) in [5.41, 5.74) is 1.21. The Hall–Kier alpha value is -1.50. The van der Waals surface area contributed by atoms with Crippen molar-refractivity contribution in [2.75, 3.05) is 6.61 Å². The SMILES string of the molecule is c1ccc2cc([C@@H]3OCC[C@@H]4O[C@@H]5[C@H]6OC7(CCCCC7)O[C@H]6O[C@@H]5[C@@H]43)ccc2c1. The molecular weight excluding hydrogens is 380 g/mol. The van der Waals surface area contributed by atoms with E-state index in [0.717, 1.165) is 32.1 Å². The van der Waals surface area contributed by atoms with Crippen LogP contribution >= 0.6 is 0 Å². The van der Waals surface area contributed by atoms with Gasteiger partial charge in [-0.3, -0.25) is 0 Å². The first-order valence-corrected chi connectivity index (χ1v) is 11.6. The van der Waals surface area contributed by atoms with E-state index in [4.69, 9.17) is 23.7 Å². The molecule has 5 fully saturated rings. The minimum Gasteiger partial charge on any atom is -0.373 e. The van der Waals surface area contributed by atoms with Gasteiger partial charge in [0, 0.05) is 25.4 Å². The van der Waals surface area contributed by atoms with Gasteiger partial charge in [-0.05, 0) is 41.7 Å². The van der Waals surface area contributed by atoms with E-state index in [-0.39, 0.29) is 42.7 Å². The van der Waals surface area contributed by atoms with Crippen LogP contribution in [-0.2, 0) is 23.7 Å². The van der Waals surface area contributed by atoms with E-state index < -0.39 is 5.79 Å². The average Bonchev–Trinajstić information content (AvgIpc) is 3.41. The lowest BCUT2D eigenvalue weighted by Gasteiger charge is -2.36. The summed E-state index contributed by atoms with van der Waals surface area (Å²) < 4.78 is 32.3. The van der Waals surface area contributed by atoms with Gasteiger partial charge >= 0.3 is 0 Å². The fourth-order valence-electron chi connectivity index (χ4n) is 6.40. The third-order valence-corrected chi connectivity index (χ3v) is 7.80. The lowest BCUT2D eigenvalue weighted by atomic mass is 9.83. The van der Waals surface area contributed by atoms with Crippen LogP contribution in [0.3, 0.4) is 0 Å². The Kier molecular flexibility index (Phi) is 4.07. The molecule has 0 unspecified atom stereocenters. The summed E-state index contributed by atoms with van der Waals surface area (Å²) in [6.07, 6.45) is 6.05. The Morgan fingerprint density at radius 2 is 1.67 bits per heavy atom. The van der Waals surface area contributed by atoms with Crippen LogP contribution in [0.5, 0.6) is 0 Å². The molecule has 5 nitrogen and oxygen atoms in total. The molecule has 7 atom stereocenters. The van der Waals surface area contributed by atoms with Gasteiger partial charge in [-0.1, -0.05) is 42.8 Å². The molecule has 5 heteroatoms. The van der Waals surface area contributed by atoms with E-state index >= 15 is 0 Å². The van der Waals surface area contributed by atoms with Crippen molar-refractivity contribution in [3.8, 4) is 0 Å². The summed E-state index contributed by atoms with van der Waals surface area (Å²) in [4.78, 5) is 0. The molecule has 158 valence electrons. The minimum absolute atomic E-state index is 0.0224. The van der Waals surface area contributed by atoms with Gasteiger partial charge in [0.2, 0.25) is 0 Å². The summed E-state index contributed by atoms with van der Waals surface area (Å²) in [5.74, 6) is -0.269. The summed E-state index contributed by atoms with van der Waals surface area (Å²) >= 11 is 0. The van der Waals surface area contributed by atoms with E-state index in [1.165, 1.54) is 22.8 Å². The fourth-order valence-corrected chi connectivity index (χ4v) is 6.40. The second-order valence-electron chi connectivity index (χ2n) is 9.54. The predicted octanol–water partition coefficient (Wildman–Crippen LogP) is 4.49. The van der Waals surface area contributed by atoms with E-state index in [2.05, 4.69) is 42.5 Å². The predicted molar refractivity (Wildman–Crippen MR) is 110 cm³/mol. The van der Waals surface area contributed by atoms with Gasteiger partial charge in [-0.25, -0.2) is 0 Å². The highest BCUT2D eigenvalue weighted by Crippen LogP contribution is 2.54. The van der Waals surface area contributed by atoms with Crippen LogP contribution in [0.2, 0.25) is 0 Å². The third kappa shape index (κ3) is 2.66. The van der Waals surface area contributed by atoms with Crippen LogP contribution in [0, 0.1) is 5.92 Å². The first-order chi connectivity index (χ1) is 14.8. The summed E-state index contributed by atoms with van der Waals surface area (Å²) in [7, 11) is 0. The second kappa shape index (κ2) is 6.75. The molecule has 0 amide bonds. The first-order valence-electron chi connectivity index (χ1n) is 11.6. The van der Waals surface area contributed by atoms with Gasteiger partial charge in [-0.2, -0.15) is 0 Å². The monoisotopic (exact) mass is 408 g/mol. The van der Waals surface area contributed by atoms with Crippen LogP contribution in [0.15, 0.2) is 42.5 Å². The van der Waals surface area contributed by atoms with Crippen molar-refractivity contribution < 1.29 is 23.7 Å². The molecule has 0 bridgehead atoms. The Balaban J connectivity index is 1.17. The minimum atomic E-state index is -0.441. The lowest BCUT2D eigenvalue weighted by molar-refractivity contribution is -0.245. The Morgan fingerprint density at radius 3 is 2.57 bits per heavy atom. The summed E-state index contributed by atoms with van der Waals surface area (Å²) in [6.45, 7) is 0.716. The average molecular weight is 408 g/mol. The molecule has 7 rings (SSSR count). The standard InChI is InChI=1S/C25H28O5/c1-4-11-25(12-5-1)29-23-22-21(28-24(23)30-25)19-18(27-22)10-13-26-20(19)17-9-8-15-6-2-3-7-16(15)14-17/h2-3,6-9,14,18-24H,1,4-5,10-13H2/t18-,19-,20-,21+,22-,23+,24+/m0/s1. The highest BCUT2D eigenvalue weighted by Gasteiger charge is 2.65. The third-order valence-electron chi connectivity index (χ3n) is 7.80. The molecule has 0 aromatic heterocycles. The molecule has 0 N–H and O–H groups in total. The van der Waals surface area contributed by atoms with Gasteiger partial charge in [0.25, 0.3) is 0 Å².